The normalized spacial score (nSPS) is 16.0. The van der Waals surface area contributed by atoms with Gasteiger partial charge >= 0.3 is 0 Å². The standard InChI is InChI=1S/C16H18ClN5O3S2/c1-2-6-27(24,25)22-11-5-3-4-10(12(11)17)21-16(23)9-7-26-14-13(9)19-8-20-15(14)18/h3-5,8-9,22H,2,6-7H2,1H3,(H,21,23)(H2,18,19,20). The number of carbonyl (C=O) groups excluding carboxylic acids is 1. The Morgan fingerprint density at radius 1 is 1.37 bits per heavy atom. The van der Waals surface area contributed by atoms with Crippen LogP contribution in [0.2, 0.25) is 5.02 Å². The topological polar surface area (TPSA) is 127 Å². The molecule has 1 aliphatic rings. The van der Waals surface area contributed by atoms with Crippen molar-refractivity contribution >= 4 is 56.5 Å². The lowest BCUT2D eigenvalue weighted by Crippen LogP contribution is -2.22. The third-order valence-electron chi connectivity index (χ3n) is 3.89. The monoisotopic (exact) mass is 427 g/mol. The molecule has 11 heteroatoms. The van der Waals surface area contributed by atoms with E-state index in [1.165, 1.54) is 18.1 Å². The molecular formula is C16H18ClN5O3S2. The summed E-state index contributed by atoms with van der Waals surface area (Å²) in [6, 6.07) is 4.76. The number of amides is 1. The Balaban J connectivity index is 1.80. The van der Waals surface area contributed by atoms with Crippen molar-refractivity contribution in [3.8, 4) is 0 Å². The summed E-state index contributed by atoms with van der Waals surface area (Å²) in [5.74, 6) is 0.0361. The summed E-state index contributed by atoms with van der Waals surface area (Å²) < 4.78 is 26.4. The number of hydrogen-bond donors (Lipinski definition) is 3. The molecule has 27 heavy (non-hydrogen) atoms. The van der Waals surface area contributed by atoms with Gasteiger partial charge in [0.15, 0.2) is 0 Å². The second-order valence-electron chi connectivity index (χ2n) is 5.91. The Morgan fingerprint density at radius 3 is 2.85 bits per heavy atom. The van der Waals surface area contributed by atoms with E-state index in [4.69, 9.17) is 17.3 Å². The molecule has 0 bridgehead atoms. The smallest absolute Gasteiger partial charge is 0.234 e. The fraction of sp³-hybridized carbons (Fsp3) is 0.312. The van der Waals surface area contributed by atoms with E-state index < -0.39 is 15.9 Å². The first kappa shape index (κ1) is 19.7. The van der Waals surface area contributed by atoms with E-state index in [0.717, 1.165) is 0 Å². The number of hydrogen-bond acceptors (Lipinski definition) is 7. The van der Waals surface area contributed by atoms with E-state index in [9.17, 15) is 13.2 Å². The Morgan fingerprint density at radius 2 is 2.11 bits per heavy atom. The van der Waals surface area contributed by atoms with Crippen LogP contribution in [0.4, 0.5) is 17.2 Å². The fourth-order valence-electron chi connectivity index (χ4n) is 2.66. The van der Waals surface area contributed by atoms with Gasteiger partial charge in [-0.05, 0) is 18.6 Å². The van der Waals surface area contributed by atoms with Gasteiger partial charge in [0.2, 0.25) is 15.9 Å². The van der Waals surface area contributed by atoms with Crippen LogP contribution in [0.5, 0.6) is 0 Å². The maximum absolute atomic E-state index is 12.7. The van der Waals surface area contributed by atoms with Crippen molar-refractivity contribution < 1.29 is 13.2 Å². The van der Waals surface area contributed by atoms with Crippen LogP contribution in [0, 0.1) is 0 Å². The molecule has 0 radical (unpaired) electrons. The third-order valence-corrected chi connectivity index (χ3v) is 6.99. The Kier molecular flexibility index (Phi) is 5.78. The predicted octanol–water partition coefficient (Wildman–Crippen LogP) is 2.69. The third kappa shape index (κ3) is 4.28. The average molecular weight is 428 g/mol. The van der Waals surface area contributed by atoms with E-state index in [1.807, 2.05) is 0 Å². The molecular weight excluding hydrogens is 410 g/mol. The van der Waals surface area contributed by atoms with Crippen LogP contribution in [0.3, 0.4) is 0 Å². The molecule has 0 spiro atoms. The van der Waals surface area contributed by atoms with Crippen LogP contribution in [-0.2, 0) is 14.8 Å². The zero-order valence-electron chi connectivity index (χ0n) is 14.4. The maximum Gasteiger partial charge on any atom is 0.234 e. The molecule has 8 nitrogen and oxygen atoms in total. The molecule has 0 saturated heterocycles. The molecule has 144 valence electrons. The van der Waals surface area contributed by atoms with Crippen LogP contribution in [0.15, 0.2) is 29.4 Å². The summed E-state index contributed by atoms with van der Waals surface area (Å²) in [4.78, 5) is 21.5. The minimum atomic E-state index is -3.49. The lowest BCUT2D eigenvalue weighted by molar-refractivity contribution is -0.117. The highest BCUT2D eigenvalue weighted by molar-refractivity contribution is 7.99. The van der Waals surface area contributed by atoms with E-state index in [0.29, 0.717) is 34.3 Å². The average Bonchev–Trinajstić information content (AvgIpc) is 3.04. The number of sulfonamides is 1. The summed E-state index contributed by atoms with van der Waals surface area (Å²) >= 11 is 7.73. The molecule has 0 saturated carbocycles. The van der Waals surface area contributed by atoms with Gasteiger partial charge in [-0.15, -0.1) is 11.8 Å². The number of anilines is 3. The summed E-state index contributed by atoms with van der Waals surface area (Å²) in [6.45, 7) is 1.77. The fourth-order valence-corrected chi connectivity index (χ4v) is 5.26. The van der Waals surface area contributed by atoms with Gasteiger partial charge < -0.3 is 11.1 Å². The number of fused-ring (bicyclic) bond motifs is 1. The first-order valence-electron chi connectivity index (χ1n) is 8.15. The van der Waals surface area contributed by atoms with Crippen molar-refractivity contribution in [2.45, 2.75) is 24.2 Å². The largest absolute Gasteiger partial charge is 0.383 e. The van der Waals surface area contributed by atoms with Gasteiger partial charge in [0, 0.05) is 5.75 Å². The molecule has 1 unspecified atom stereocenters. The van der Waals surface area contributed by atoms with E-state index >= 15 is 0 Å². The number of halogens is 1. The van der Waals surface area contributed by atoms with E-state index in [2.05, 4.69) is 20.0 Å². The lowest BCUT2D eigenvalue weighted by Gasteiger charge is -2.15. The van der Waals surface area contributed by atoms with Crippen LogP contribution in [-0.4, -0.2) is 35.8 Å². The summed E-state index contributed by atoms with van der Waals surface area (Å²) in [5, 5.41) is 2.87. The number of rotatable bonds is 6. The van der Waals surface area contributed by atoms with Gasteiger partial charge in [-0.1, -0.05) is 24.6 Å². The van der Waals surface area contributed by atoms with Crippen LogP contribution in [0.1, 0.15) is 25.0 Å². The van der Waals surface area contributed by atoms with Crippen LogP contribution >= 0.6 is 23.4 Å². The molecule has 1 aliphatic heterocycles. The second kappa shape index (κ2) is 7.91. The first-order chi connectivity index (χ1) is 12.8. The Bertz CT molecular complexity index is 984. The van der Waals surface area contributed by atoms with Gasteiger partial charge in [-0.25, -0.2) is 18.4 Å². The van der Waals surface area contributed by atoms with Gasteiger partial charge in [0.1, 0.15) is 12.1 Å². The highest BCUT2D eigenvalue weighted by Crippen LogP contribution is 2.41. The number of nitrogens with one attached hydrogen (secondary N) is 2. The number of nitrogens with two attached hydrogens (primary N) is 1. The lowest BCUT2D eigenvalue weighted by atomic mass is 10.1. The SMILES string of the molecule is CCCS(=O)(=O)Nc1cccc(NC(=O)C2CSc3c(N)ncnc32)c1Cl. The van der Waals surface area contributed by atoms with E-state index in [-0.39, 0.29) is 22.4 Å². The predicted molar refractivity (Wildman–Crippen MR) is 108 cm³/mol. The molecule has 2 heterocycles. The van der Waals surface area contributed by atoms with Crippen LogP contribution in [0.25, 0.3) is 0 Å². The van der Waals surface area contributed by atoms with Gasteiger partial charge in [-0.2, -0.15) is 0 Å². The zero-order chi connectivity index (χ0) is 19.6. The molecule has 1 aromatic heterocycles. The number of carbonyl (C=O) groups is 1. The molecule has 1 aromatic carbocycles. The van der Waals surface area contributed by atoms with Crippen molar-refractivity contribution in [2.75, 3.05) is 27.3 Å². The number of benzene rings is 1. The minimum absolute atomic E-state index is 0.0167. The van der Waals surface area contributed by atoms with Crippen molar-refractivity contribution in [2.24, 2.45) is 0 Å². The van der Waals surface area contributed by atoms with Gasteiger partial charge in [0.25, 0.3) is 0 Å². The quantitative estimate of drug-likeness (QED) is 0.646. The zero-order valence-corrected chi connectivity index (χ0v) is 16.8. The van der Waals surface area contributed by atoms with E-state index in [1.54, 1.807) is 25.1 Å². The summed E-state index contributed by atoms with van der Waals surface area (Å²) in [5.41, 5.74) is 6.95. The molecule has 4 N–H and O–H groups in total. The summed E-state index contributed by atoms with van der Waals surface area (Å²) in [7, 11) is -3.49. The number of nitrogen functional groups attached to an aromatic ring is 1. The minimum Gasteiger partial charge on any atom is -0.383 e. The van der Waals surface area contributed by atoms with Crippen LogP contribution < -0.4 is 15.8 Å². The van der Waals surface area contributed by atoms with Gasteiger partial charge in [-0.3, -0.25) is 9.52 Å². The molecule has 2 aromatic rings. The van der Waals surface area contributed by atoms with Gasteiger partial charge in [0.05, 0.1) is 38.7 Å². The molecule has 1 atom stereocenters. The number of aromatic nitrogens is 2. The highest BCUT2D eigenvalue weighted by Gasteiger charge is 2.33. The van der Waals surface area contributed by atoms with Crippen molar-refractivity contribution in [1.82, 2.24) is 9.97 Å². The van der Waals surface area contributed by atoms with Crippen molar-refractivity contribution in [3.63, 3.8) is 0 Å². The maximum atomic E-state index is 12.7. The number of nitrogens with zero attached hydrogens (tertiary/aromatic N) is 2. The van der Waals surface area contributed by atoms with Crippen molar-refractivity contribution in [1.29, 1.82) is 0 Å². The molecule has 1 amide bonds. The Labute approximate surface area is 166 Å². The Hall–Kier alpha value is -2.04. The number of thioether (sulfide) groups is 1. The molecule has 3 rings (SSSR count). The molecule has 0 fully saturated rings. The second-order valence-corrected chi connectivity index (χ2v) is 9.16. The highest BCUT2D eigenvalue weighted by atomic mass is 35.5. The van der Waals surface area contributed by atoms with Crippen molar-refractivity contribution in [3.05, 3.63) is 35.2 Å². The summed E-state index contributed by atoms with van der Waals surface area (Å²) in [6.07, 6.45) is 1.81. The first-order valence-corrected chi connectivity index (χ1v) is 11.2. The molecule has 0 aliphatic carbocycles.